The molecule has 0 fully saturated rings. The first-order chi connectivity index (χ1) is 10.6. The van der Waals surface area contributed by atoms with Gasteiger partial charge in [-0.3, -0.25) is 0 Å². The van der Waals surface area contributed by atoms with Crippen molar-refractivity contribution in [2.75, 3.05) is 27.4 Å². The molecule has 0 spiro atoms. The largest absolute Gasteiger partial charge is 0.493 e. The van der Waals surface area contributed by atoms with Crippen LogP contribution in [0.2, 0.25) is 0 Å². The lowest BCUT2D eigenvalue weighted by Gasteiger charge is -2.17. The van der Waals surface area contributed by atoms with Crippen LogP contribution < -0.4 is 9.47 Å². The van der Waals surface area contributed by atoms with Crippen LogP contribution in [0.3, 0.4) is 0 Å². The maximum atomic E-state index is 5.81. The van der Waals surface area contributed by atoms with Crippen molar-refractivity contribution in [2.45, 2.75) is 47.5 Å². The van der Waals surface area contributed by atoms with Gasteiger partial charge in [-0.2, -0.15) is 0 Å². The Labute approximate surface area is 137 Å². The van der Waals surface area contributed by atoms with Gasteiger partial charge in [0.05, 0.1) is 13.7 Å². The summed E-state index contributed by atoms with van der Waals surface area (Å²) < 4.78 is 16.2. The molecule has 0 aliphatic carbocycles. The Balaban J connectivity index is 0.00000211. The predicted octanol–water partition coefficient (Wildman–Crippen LogP) is 4.97. The fraction of sp³-hybridized carbons (Fsp3) is 0.684. The minimum absolute atomic E-state index is 0.646. The van der Waals surface area contributed by atoms with Gasteiger partial charge in [0.1, 0.15) is 0 Å². The fourth-order valence-corrected chi connectivity index (χ4v) is 1.95. The third-order valence-corrected chi connectivity index (χ3v) is 3.67. The van der Waals surface area contributed by atoms with Gasteiger partial charge in [0.15, 0.2) is 11.5 Å². The quantitative estimate of drug-likeness (QED) is 0.603. The molecule has 0 N–H and O–H groups in total. The Morgan fingerprint density at radius 3 is 2.18 bits per heavy atom. The molecule has 0 amide bonds. The van der Waals surface area contributed by atoms with E-state index < -0.39 is 0 Å². The van der Waals surface area contributed by atoms with Gasteiger partial charge in [0, 0.05) is 20.1 Å². The highest BCUT2D eigenvalue weighted by Crippen LogP contribution is 2.29. The standard InChI is InChI=1S/C17H28O3.C2H6/c1-13(2)14(3)11-15-7-8-16(19-5)17(12-15)20-10-6-9-18-4;1-2/h7-8,12-14H,6,9-11H2,1-5H3;1-2H3. The van der Waals surface area contributed by atoms with Crippen LogP contribution in [-0.2, 0) is 11.2 Å². The van der Waals surface area contributed by atoms with Crippen molar-refractivity contribution in [3.05, 3.63) is 23.8 Å². The minimum atomic E-state index is 0.646. The van der Waals surface area contributed by atoms with Crippen LogP contribution in [0.4, 0.5) is 0 Å². The first-order valence-electron chi connectivity index (χ1n) is 8.37. The van der Waals surface area contributed by atoms with Gasteiger partial charge in [0.2, 0.25) is 0 Å². The molecule has 0 heterocycles. The zero-order valence-corrected chi connectivity index (χ0v) is 15.4. The molecule has 128 valence electrons. The van der Waals surface area contributed by atoms with E-state index in [1.165, 1.54) is 5.56 Å². The van der Waals surface area contributed by atoms with E-state index >= 15 is 0 Å². The molecule has 22 heavy (non-hydrogen) atoms. The van der Waals surface area contributed by atoms with Crippen LogP contribution in [0.1, 0.15) is 46.6 Å². The summed E-state index contributed by atoms with van der Waals surface area (Å²) in [5.41, 5.74) is 1.30. The van der Waals surface area contributed by atoms with Gasteiger partial charge in [0.25, 0.3) is 0 Å². The molecule has 0 aromatic heterocycles. The second-order valence-electron chi connectivity index (χ2n) is 5.61. The van der Waals surface area contributed by atoms with E-state index in [2.05, 4.69) is 32.9 Å². The summed E-state index contributed by atoms with van der Waals surface area (Å²) in [7, 11) is 3.38. The van der Waals surface area contributed by atoms with Crippen LogP contribution in [-0.4, -0.2) is 27.4 Å². The molecular weight excluding hydrogens is 276 g/mol. The number of hydrogen-bond donors (Lipinski definition) is 0. The molecule has 1 atom stereocenters. The lowest BCUT2D eigenvalue weighted by Crippen LogP contribution is -2.08. The van der Waals surface area contributed by atoms with Crippen molar-refractivity contribution >= 4 is 0 Å². The summed E-state index contributed by atoms with van der Waals surface area (Å²) in [5.74, 6) is 2.97. The van der Waals surface area contributed by atoms with E-state index in [9.17, 15) is 0 Å². The molecule has 0 saturated carbocycles. The number of methoxy groups -OCH3 is 2. The van der Waals surface area contributed by atoms with Crippen LogP contribution in [0.5, 0.6) is 11.5 Å². The van der Waals surface area contributed by atoms with Crippen molar-refractivity contribution < 1.29 is 14.2 Å². The zero-order chi connectivity index (χ0) is 17.0. The van der Waals surface area contributed by atoms with Crippen molar-refractivity contribution in [2.24, 2.45) is 11.8 Å². The monoisotopic (exact) mass is 310 g/mol. The van der Waals surface area contributed by atoms with E-state index in [0.717, 1.165) is 24.3 Å². The summed E-state index contributed by atoms with van der Waals surface area (Å²) >= 11 is 0. The van der Waals surface area contributed by atoms with Crippen molar-refractivity contribution in [3.63, 3.8) is 0 Å². The molecule has 1 aromatic carbocycles. The normalized spacial score (nSPS) is 11.6. The topological polar surface area (TPSA) is 27.7 Å². The van der Waals surface area contributed by atoms with E-state index in [-0.39, 0.29) is 0 Å². The maximum Gasteiger partial charge on any atom is 0.161 e. The van der Waals surface area contributed by atoms with Crippen LogP contribution in [0.25, 0.3) is 0 Å². The van der Waals surface area contributed by atoms with E-state index in [4.69, 9.17) is 14.2 Å². The Kier molecular flexibility index (Phi) is 11.7. The van der Waals surface area contributed by atoms with Gasteiger partial charge >= 0.3 is 0 Å². The third kappa shape index (κ3) is 7.69. The van der Waals surface area contributed by atoms with Crippen LogP contribution in [0, 0.1) is 11.8 Å². The highest BCUT2D eigenvalue weighted by molar-refractivity contribution is 5.43. The summed E-state index contributed by atoms with van der Waals surface area (Å²) in [4.78, 5) is 0. The van der Waals surface area contributed by atoms with Crippen LogP contribution >= 0.6 is 0 Å². The molecule has 3 nitrogen and oxygen atoms in total. The predicted molar refractivity (Wildman–Crippen MR) is 94.0 cm³/mol. The first kappa shape index (κ1) is 20.8. The van der Waals surface area contributed by atoms with Gasteiger partial charge < -0.3 is 14.2 Å². The highest BCUT2D eigenvalue weighted by atomic mass is 16.5. The zero-order valence-electron chi connectivity index (χ0n) is 15.4. The molecule has 0 aliphatic rings. The molecule has 1 unspecified atom stereocenters. The van der Waals surface area contributed by atoms with Gasteiger partial charge in [-0.05, 0) is 36.0 Å². The Morgan fingerprint density at radius 2 is 1.64 bits per heavy atom. The summed E-state index contributed by atoms with van der Waals surface area (Å²) in [6, 6.07) is 6.22. The van der Waals surface area contributed by atoms with Crippen molar-refractivity contribution in [1.82, 2.24) is 0 Å². The molecular formula is C19H34O3. The third-order valence-electron chi connectivity index (χ3n) is 3.67. The first-order valence-corrected chi connectivity index (χ1v) is 8.37. The van der Waals surface area contributed by atoms with Gasteiger partial charge in [-0.1, -0.05) is 40.7 Å². The molecule has 0 radical (unpaired) electrons. The van der Waals surface area contributed by atoms with E-state index in [0.29, 0.717) is 25.0 Å². The number of rotatable bonds is 9. The average molecular weight is 310 g/mol. The number of benzene rings is 1. The second-order valence-corrected chi connectivity index (χ2v) is 5.61. The molecule has 0 saturated heterocycles. The Hall–Kier alpha value is -1.22. The number of ether oxygens (including phenoxy) is 3. The van der Waals surface area contributed by atoms with Crippen molar-refractivity contribution in [3.8, 4) is 11.5 Å². The minimum Gasteiger partial charge on any atom is -0.493 e. The maximum absolute atomic E-state index is 5.81. The molecule has 0 aliphatic heterocycles. The second kappa shape index (κ2) is 12.3. The highest BCUT2D eigenvalue weighted by Gasteiger charge is 2.11. The molecule has 3 heteroatoms. The molecule has 1 aromatic rings. The average Bonchev–Trinajstić information content (AvgIpc) is 2.53. The summed E-state index contributed by atoms with van der Waals surface area (Å²) in [6.07, 6.45) is 1.95. The number of hydrogen-bond acceptors (Lipinski definition) is 3. The smallest absolute Gasteiger partial charge is 0.161 e. The van der Waals surface area contributed by atoms with Gasteiger partial charge in [-0.15, -0.1) is 0 Å². The lowest BCUT2D eigenvalue weighted by atomic mass is 9.91. The lowest BCUT2D eigenvalue weighted by molar-refractivity contribution is 0.170. The fourth-order valence-electron chi connectivity index (χ4n) is 1.95. The van der Waals surface area contributed by atoms with Crippen molar-refractivity contribution in [1.29, 1.82) is 0 Å². The van der Waals surface area contributed by atoms with Gasteiger partial charge in [-0.25, -0.2) is 0 Å². The van der Waals surface area contributed by atoms with E-state index in [1.807, 2.05) is 19.9 Å². The Bertz CT molecular complexity index is 388. The molecule has 1 rings (SSSR count). The SMILES string of the molecule is CC.COCCCOc1cc(CC(C)C(C)C)ccc1OC. The summed E-state index contributed by atoms with van der Waals surface area (Å²) in [5, 5.41) is 0. The Morgan fingerprint density at radius 1 is 0.955 bits per heavy atom. The van der Waals surface area contributed by atoms with Crippen LogP contribution in [0.15, 0.2) is 18.2 Å². The van der Waals surface area contributed by atoms with E-state index in [1.54, 1.807) is 14.2 Å². The molecule has 0 bridgehead atoms. The summed E-state index contributed by atoms with van der Waals surface area (Å²) in [6.45, 7) is 12.2.